The minimum atomic E-state index is -0.331. The van der Waals surface area contributed by atoms with Crippen molar-refractivity contribution >= 4 is 29.3 Å². The topological polar surface area (TPSA) is 72.9 Å². The van der Waals surface area contributed by atoms with Gasteiger partial charge in [0.2, 0.25) is 5.78 Å². The van der Waals surface area contributed by atoms with Crippen molar-refractivity contribution in [3.05, 3.63) is 22.8 Å². The molecule has 6 nitrogen and oxygen atoms in total. The van der Waals surface area contributed by atoms with Crippen molar-refractivity contribution in [1.29, 1.82) is 0 Å². The van der Waals surface area contributed by atoms with Crippen molar-refractivity contribution in [2.75, 3.05) is 39.2 Å². The highest BCUT2D eigenvalue weighted by Crippen LogP contribution is 2.25. The third-order valence-corrected chi connectivity index (χ3v) is 4.21. The zero-order valence-electron chi connectivity index (χ0n) is 11.8. The Kier molecular flexibility index (Phi) is 5.58. The quantitative estimate of drug-likeness (QED) is 0.542. The van der Waals surface area contributed by atoms with E-state index in [2.05, 4.69) is 4.74 Å². The summed E-state index contributed by atoms with van der Waals surface area (Å²) in [5.41, 5.74) is 0.431. The second-order valence-corrected chi connectivity index (χ2v) is 5.68. The summed E-state index contributed by atoms with van der Waals surface area (Å²) >= 11 is 1.20. The maximum atomic E-state index is 12.1. The molecule has 0 saturated carbocycles. The predicted octanol–water partition coefficient (Wildman–Crippen LogP) is 0.534. The van der Waals surface area contributed by atoms with Crippen LogP contribution < -0.4 is 0 Å². The van der Waals surface area contributed by atoms with Gasteiger partial charge in [-0.25, -0.2) is 0 Å². The fourth-order valence-electron chi connectivity index (χ4n) is 2.04. The van der Waals surface area contributed by atoms with Crippen LogP contribution in [0, 0.1) is 0 Å². The van der Waals surface area contributed by atoms with Crippen LogP contribution in [-0.4, -0.2) is 61.6 Å². The summed E-state index contributed by atoms with van der Waals surface area (Å²) in [5.74, 6) is -0.275. The Bertz CT molecular complexity index is 505. The summed E-state index contributed by atoms with van der Waals surface area (Å²) in [6.07, 6.45) is 2.95. The summed E-state index contributed by atoms with van der Waals surface area (Å²) in [4.78, 5) is 37.4. The number of hydrogen-bond donors (Lipinski definition) is 0. The smallest absolute Gasteiger partial charge is 0.306 e. The van der Waals surface area contributed by atoms with Crippen LogP contribution in [0.5, 0.6) is 0 Å². The summed E-state index contributed by atoms with van der Waals surface area (Å²) < 4.78 is 9.76. The average molecular weight is 311 g/mol. The second kappa shape index (κ2) is 7.42. The van der Waals surface area contributed by atoms with Crippen molar-refractivity contribution in [2.24, 2.45) is 0 Å². The molecular formula is C14H17NO5S. The number of thioether (sulfide) groups is 1. The molecule has 1 aliphatic heterocycles. The molecule has 1 saturated heterocycles. The molecule has 0 atom stereocenters. The van der Waals surface area contributed by atoms with Gasteiger partial charge >= 0.3 is 5.97 Å². The van der Waals surface area contributed by atoms with Crippen molar-refractivity contribution in [3.63, 3.8) is 0 Å². The van der Waals surface area contributed by atoms with Gasteiger partial charge in [-0.3, -0.25) is 14.4 Å². The van der Waals surface area contributed by atoms with Gasteiger partial charge in [0.05, 0.1) is 37.3 Å². The zero-order valence-corrected chi connectivity index (χ0v) is 12.6. The highest BCUT2D eigenvalue weighted by molar-refractivity contribution is 8.04. The molecule has 0 unspecified atom stereocenters. The Morgan fingerprint density at radius 3 is 2.67 bits per heavy atom. The first-order valence-corrected chi connectivity index (χ1v) is 7.64. The van der Waals surface area contributed by atoms with Crippen LogP contribution in [-0.2, 0) is 23.9 Å². The van der Waals surface area contributed by atoms with E-state index in [-0.39, 0.29) is 24.0 Å². The minimum Gasteiger partial charge on any atom is -0.469 e. The van der Waals surface area contributed by atoms with Crippen LogP contribution in [0.4, 0.5) is 0 Å². The van der Waals surface area contributed by atoms with E-state index in [1.54, 1.807) is 0 Å². The highest BCUT2D eigenvalue weighted by Gasteiger charge is 2.25. The lowest BCUT2D eigenvalue weighted by Gasteiger charge is -2.30. The fourth-order valence-corrected chi connectivity index (χ4v) is 2.92. The first-order valence-electron chi connectivity index (χ1n) is 6.66. The molecule has 0 amide bonds. The van der Waals surface area contributed by atoms with E-state index in [1.165, 1.54) is 31.0 Å². The number of rotatable bonds is 5. The molecule has 7 heteroatoms. The molecule has 1 fully saturated rings. The maximum Gasteiger partial charge on any atom is 0.306 e. The first kappa shape index (κ1) is 15.8. The molecule has 0 aromatic rings. The second-order valence-electron chi connectivity index (χ2n) is 4.54. The van der Waals surface area contributed by atoms with Crippen LogP contribution >= 0.6 is 11.8 Å². The molecule has 0 aromatic heterocycles. The van der Waals surface area contributed by atoms with E-state index >= 15 is 0 Å². The number of allylic oxidation sites excluding steroid dienone is 3. The number of nitrogens with zero attached hydrogens (tertiary/aromatic N) is 1. The summed E-state index contributed by atoms with van der Waals surface area (Å²) in [6.45, 7) is 2.35. The SMILES string of the molecule is COC(=O)CCSC1=CC(=O)C(N2CCOCC2)=CC1=O. The van der Waals surface area contributed by atoms with Gasteiger partial charge in [-0.2, -0.15) is 0 Å². The number of ketones is 2. The molecule has 0 N–H and O–H groups in total. The fraction of sp³-hybridized carbons (Fsp3) is 0.500. The van der Waals surface area contributed by atoms with Gasteiger partial charge < -0.3 is 14.4 Å². The standard InChI is InChI=1S/C14H17NO5S/c1-19-14(18)2-7-21-13-9-11(16)10(8-12(13)17)15-3-5-20-6-4-15/h8-9H,2-7H2,1H3. The first-order chi connectivity index (χ1) is 10.1. The molecular weight excluding hydrogens is 294 g/mol. The molecule has 0 radical (unpaired) electrons. The third kappa shape index (κ3) is 4.18. The number of carbonyl (C=O) groups excluding carboxylic acids is 3. The monoisotopic (exact) mass is 311 g/mol. The van der Waals surface area contributed by atoms with Gasteiger partial charge in [0.15, 0.2) is 5.78 Å². The highest BCUT2D eigenvalue weighted by atomic mass is 32.2. The zero-order chi connectivity index (χ0) is 15.2. The van der Waals surface area contributed by atoms with E-state index in [0.29, 0.717) is 42.7 Å². The van der Waals surface area contributed by atoms with E-state index in [9.17, 15) is 14.4 Å². The molecule has 1 heterocycles. The Morgan fingerprint density at radius 2 is 2.00 bits per heavy atom. The third-order valence-electron chi connectivity index (χ3n) is 3.17. The average Bonchev–Trinajstić information content (AvgIpc) is 2.51. The molecule has 0 bridgehead atoms. The molecule has 21 heavy (non-hydrogen) atoms. The molecule has 114 valence electrons. The van der Waals surface area contributed by atoms with Crippen LogP contribution in [0.2, 0.25) is 0 Å². The molecule has 2 rings (SSSR count). The summed E-state index contributed by atoms with van der Waals surface area (Å²) in [6, 6.07) is 0. The lowest BCUT2D eigenvalue weighted by atomic mass is 10.1. The van der Waals surface area contributed by atoms with Crippen LogP contribution in [0.15, 0.2) is 22.8 Å². The molecule has 1 aliphatic carbocycles. The number of carbonyl (C=O) groups is 3. The Hall–Kier alpha value is -1.60. The van der Waals surface area contributed by atoms with Crippen molar-refractivity contribution in [3.8, 4) is 0 Å². The lowest BCUT2D eigenvalue weighted by molar-refractivity contribution is -0.140. The maximum absolute atomic E-state index is 12.1. The van der Waals surface area contributed by atoms with Gasteiger partial charge in [0.25, 0.3) is 0 Å². The summed E-state index contributed by atoms with van der Waals surface area (Å²) in [5, 5.41) is 0. The normalized spacial score (nSPS) is 19.2. The van der Waals surface area contributed by atoms with Crippen molar-refractivity contribution in [1.82, 2.24) is 4.90 Å². The van der Waals surface area contributed by atoms with E-state index in [0.717, 1.165) is 0 Å². The van der Waals surface area contributed by atoms with Crippen molar-refractivity contribution < 1.29 is 23.9 Å². The predicted molar refractivity (Wildman–Crippen MR) is 77.7 cm³/mol. The van der Waals surface area contributed by atoms with Crippen LogP contribution in [0.1, 0.15) is 6.42 Å². The number of morpholine rings is 1. The summed E-state index contributed by atoms with van der Waals surface area (Å²) in [7, 11) is 1.32. The van der Waals surface area contributed by atoms with Gasteiger partial charge in [-0.05, 0) is 0 Å². The van der Waals surface area contributed by atoms with Crippen LogP contribution in [0.25, 0.3) is 0 Å². The van der Waals surface area contributed by atoms with E-state index < -0.39 is 0 Å². The van der Waals surface area contributed by atoms with Gasteiger partial charge in [0.1, 0.15) is 0 Å². The van der Waals surface area contributed by atoms with E-state index in [1.807, 2.05) is 4.90 Å². The lowest BCUT2D eigenvalue weighted by Crippen LogP contribution is -2.38. The Morgan fingerprint density at radius 1 is 1.29 bits per heavy atom. The van der Waals surface area contributed by atoms with Crippen LogP contribution in [0.3, 0.4) is 0 Å². The number of methoxy groups -OCH3 is 1. The number of esters is 1. The number of hydrogen-bond acceptors (Lipinski definition) is 7. The van der Waals surface area contributed by atoms with E-state index in [4.69, 9.17) is 4.74 Å². The largest absolute Gasteiger partial charge is 0.469 e. The minimum absolute atomic E-state index is 0.169. The van der Waals surface area contributed by atoms with Crippen molar-refractivity contribution in [2.45, 2.75) is 6.42 Å². The van der Waals surface area contributed by atoms with Gasteiger partial charge in [0, 0.05) is 31.0 Å². The Labute approximate surface area is 127 Å². The molecule has 0 spiro atoms. The number of ether oxygens (including phenoxy) is 2. The van der Waals surface area contributed by atoms with Gasteiger partial charge in [-0.1, -0.05) is 0 Å². The van der Waals surface area contributed by atoms with Gasteiger partial charge in [-0.15, -0.1) is 11.8 Å². The molecule has 0 aromatic carbocycles. The molecule has 2 aliphatic rings. The Balaban J connectivity index is 1.94.